The second kappa shape index (κ2) is 5.34. The molecule has 0 unspecified atom stereocenters. The maximum atomic E-state index is 12.6. The van der Waals surface area contributed by atoms with Gasteiger partial charge in [-0.1, -0.05) is 0 Å². The molecule has 0 N–H and O–H groups in total. The highest BCUT2D eigenvalue weighted by molar-refractivity contribution is 9.10. The van der Waals surface area contributed by atoms with Crippen LogP contribution in [-0.2, 0) is 16.0 Å². The molecule has 1 aromatic heterocycles. The van der Waals surface area contributed by atoms with Crippen LogP contribution in [0, 0.1) is 6.92 Å². The first-order valence-corrected chi connectivity index (χ1v) is 5.26. The summed E-state index contributed by atoms with van der Waals surface area (Å²) in [4.78, 5) is 14.8. The molecule has 1 heterocycles. The zero-order chi connectivity index (χ0) is 12.3. The van der Waals surface area contributed by atoms with E-state index < -0.39 is 12.4 Å². The molecule has 0 radical (unpaired) electrons. The standard InChI is InChI=1S/C10H10BrF2NO2/c1-5-3-6(11)7(4-8(15)16-2)14-9(5)10(12)13/h3,10H,4H2,1-2H3. The van der Waals surface area contributed by atoms with E-state index in [-0.39, 0.29) is 17.8 Å². The minimum atomic E-state index is -2.65. The van der Waals surface area contributed by atoms with Crippen molar-refractivity contribution in [1.82, 2.24) is 4.98 Å². The van der Waals surface area contributed by atoms with Gasteiger partial charge in [-0.3, -0.25) is 4.79 Å². The van der Waals surface area contributed by atoms with E-state index in [1.54, 1.807) is 6.92 Å². The van der Waals surface area contributed by atoms with Crippen LogP contribution in [0.2, 0.25) is 0 Å². The van der Waals surface area contributed by atoms with E-state index in [0.29, 0.717) is 10.0 Å². The van der Waals surface area contributed by atoms with Crippen LogP contribution in [0.15, 0.2) is 10.5 Å². The Morgan fingerprint density at radius 2 is 2.25 bits per heavy atom. The average Bonchev–Trinajstić information content (AvgIpc) is 2.21. The molecule has 6 heteroatoms. The van der Waals surface area contributed by atoms with Crippen LogP contribution in [0.4, 0.5) is 8.78 Å². The lowest BCUT2D eigenvalue weighted by atomic mass is 10.1. The molecular weight excluding hydrogens is 284 g/mol. The fourth-order valence-electron chi connectivity index (χ4n) is 1.19. The van der Waals surface area contributed by atoms with Gasteiger partial charge >= 0.3 is 5.97 Å². The van der Waals surface area contributed by atoms with E-state index in [2.05, 4.69) is 25.7 Å². The lowest BCUT2D eigenvalue weighted by Gasteiger charge is -2.08. The molecule has 3 nitrogen and oxygen atoms in total. The van der Waals surface area contributed by atoms with Gasteiger partial charge in [0.2, 0.25) is 0 Å². The molecule has 0 aliphatic rings. The van der Waals surface area contributed by atoms with Crippen molar-refractivity contribution in [3.63, 3.8) is 0 Å². The fraction of sp³-hybridized carbons (Fsp3) is 0.400. The van der Waals surface area contributed by atoms with Gasteiger partial charge < -0.3 is 4.74 Å². The first-order valence-electron chi connectivity index (χ1n) is 4.46. The van der Waals surface area contributed by atoms with Crippen molar-refractivity contribution in [3.8, 4) is 0 Å². The highest BCUT2D eigenvalue weighted by atomic mass is 79.9. The second-order valence-electron chi connectivity index (χ2n) is 3.17. The summed E-state index contributed by atoms with van der Waals surface area (Å²) in [5, 5.41) is 0. The van der Waals surface area contributed by atoms with Crippen molar-refractivity contribution in [2.75, 3.05) is 7.11 Å². The lowest BCUT2D eigenvalue weighted by molar-refractivity contribution is -0.139. The predicted molar refractivity (Wildman–Crippen MR) is 57.4 cm³/mol. The van der Waals surface area contributed by atoms with Gasteiger partial charge in [0.15, 0.2) is 0 Å². The predicted octanol–water partition coefficient (Wildman–Crippen LogP) is 2.81. The zero-order valence-electron chi connectivity index (χ0n) is 8.76. The third kappa shape index (κ3) is 2.98. The molecule has 0 saturated heterocycles. The van der Waals surface area contributed by atoms with Gasteiger partial charge in [0.05, 0.1) is 19.2 Å². The van der Waals surface area contributed by atoms with Gasteiger partial charge in [-0.05, 0) is 34.5 Å². The largest absolute Gasteiger partial charge is 0.469 e. The number of carbonyl (C=O) groups excluding carboxylic acids is 1. The molecule has 1 rings (SSSR count). The van der Waals surface area contributed by atoms with Crippen molar-refractivity contribution >= 4 is 21.9 Å². The first-order chi connectivity index (χ1) is 7.45. The monoisotopic (exact) mass is 293 g/mol. The number of halogens is 3. The van der Waals surface area contributed by atoms with E-state index in [0.717, 1.165) is 0 Å². The molecule has 0 saturated carbocycles. The maximum absolute atomic E-state index is 12.6. The van der Waals surface area contributed by atoms with Crippen molar-refractivity contribution in [1.29, 1.82) is 0 Å². The maximum Gasteiger partial charge on any atom is 0.311 e. The van der Waals surface area contributed by atoms with Gasteiger partial charge in [-0.15, -0.1) is 0 Å². The van der Waals surface area contributed by atoms with Crippen molar-refractivity contribution in [2.45, 2.75) is 19.8 Å². The molecule has 0 atom stereocenters. The Balaban J connectivity index is 3.09. The molecule has 0 aliphatic carbocycles. The Kier molecular flexibility index (Phi) is 4.35. The summed E-state index contributed by atoms with van der Waals surface area (Å²) in [5.41, 5.74) is 0.338. The van der Waals surface area contributed by atoms with Crippen LogP contribution in [0.25, 0.3) is 0 Å². The van der Waals surface area contributed by atoms with Gasteiger partial charge in [-0.2, -0.15) is 0 Å². The van der Waals surface area contributed by atoms with E-state index in [4.69, 9.17) is 0 Å². The highest BCUT2D eigenvalue weighted by Crippen LogP contribution is 2.25. The number of aryl methyl sites for hydroxylation is 1. The number of nitrogens with zero attached hydrogens (tertiary/aromatic N) is 1. The minimum Gasteiger partial charge on any atom is -0.469 e. The summed E-state index contributed by atoms with van der Waals surface area (Å²) in [6, 6.07) is 1.52. The van der Waals surface area contributed by atoms with Gasteiger partial charge in [0, 0.05) is 4.47 Å². The number of ether oxygens (including phenoxy) is 1. The van der Waals surface area contributed by atoms with Gasteiger partial charge in [0.1, 0.15) is 5.69 Å². The van der Waals surface area contributed by atoms with Crippen LogP contribution in [-0.4, -0.2) is 18.1 Å². The quantitative estimate of drug-likeness (QED) is 0.805. The molecule has 88 valence electrons. The number of esters is 1. The number of hydrogen-bond donors (Lipinski definition) is 0. The second-order valence-corrected chi connectivity index (χ2v) is 4.03. The van der Waals surface area contributed by atoms with Gasteiger partial charge in [-0.25, -0.2) is 13.8 Å². The highest BCUT2D eigenvalue weighted by Gasteiger charge is 2.17. The minimum absolute atomic E-state index is 0.128. The number of aromatic nitrogens is 1. The molecule has 0 bridgehead atoms. The molecule has 16 heavy (non-hydrogen) atoms. The van der Waals surface area contributed by atoms with Crippen molar-refractivity contribution in [2.24, 2.45) is 0 Å². The van der Waals surface area contributed by atoms with Crippen molar-refractivity contribution in [3.05, 3.63) is 27.5 Å². The Labute approximate surface area is 99.9 Å². The lowest BCUT2D eigenvalue weighted by Crippen LogP contribution is -2.09. The number of alkyl halides is 2. The Morgan fingerprint density at radius 3 is 2.75 bits per heavy atom. The van der Waals surface area contributed by atoms with E-state index in [1.807, 2.05) is 0 Å². The van der Waals surface area contributed by atoms with Crippen LogP contribution in [0.1, 0.15) is 23.4 Å². The number of methoxy groups -OCH3 is 1. The van der Waals surface area contributed by atoms with E-state index in [9.17, 15) is 13.6 Å². The molecule has 0 aromatic carbocycles. The van der Waals surface area contributed by atoms with Crippen LogP contribution in [0.5, 0.6) is 0 Å². The third-order valence-corrected chi connectivity index (χ3v) is 2.71. The fourth-order valence-corrected chi connectivity index (χ4v) is 1.76. The molecule has 0 amide bonds. The summed E-state index contributed by atoms with van der Waals surface area (Å²) in [5.74, 6) is -0.516. The SMILES string of the molecule is COC(=O)Cc1nc(C(F)F)c(C)cc1Br. The smallest absolute Gasteiger partial charge is 0.311 e. The topological polar surface area (TPSA) is 39.2 Å². The summed E-state index contributed by atoms with van der Waals surface area (Å²) in [7, 11) is 1.23. The summed E-state index contributed by atoms with van der Waals surface area (Å²) in [6.07, 6.45) is -2.78. The number of carbonyl (C=O) groups is 1. The summed E-state index contributed by atoms with van der Waals surface area (Å²) < 4.78 is 30.1. The van der Waals surface area contributed by atoms with Crippen molar-refractivity contribution < 1.29 is 18.3 Å². The van der Waals surface area contributed by atoms with E-state index >= 15 is 0 Å². The molecular formula is C10H10BrF2NO2. The average molecular weight is 294 g/mol. The third-order valence-electron chi connectivity index (χ3n) is 2.02. The number of rotatable bonds is 3. The Morgan fingerprint density at radius 1 is 1.62 bits per heavy atom. The van der Waals surface area contributed by atoms with Crippen LogP contribution in [0.3, 0.4) is 0 Å². The summed E-state index contributed by atoms with van der Waals surface area (Å²) >= 11 is 3.17. The Hall–Kier alpha value is -1.04. The number of hydrogen-bond acceptors (Lipinski definition) is 3. The molecule has 0 aliphatic heterocycles. The number of pyridine rings is 1. The normalized spacial score (nSPS) is 10.6. The van der Waals surface area contributed by atoms with Crippen LogP contribution >= 0.6 is 15.9 Å². The molecule has 0 fully saturated rings. The Bertz CT molecular complexity index is 410. The van der Waals surface area contributed by atoms with Crippen LogP contribution < -0.4 is 0 Å². The first kappa shape index (κ1) is 13.0. The zero-order valence-corrected chi connectivity index (χ0v) is 10.3. The van der Waals surface area contributed by atoms with E-state index in [1.165, 1.54) is 13.2 Å². The molecule has 1 aromatic rings. The van der Waals surface area contributed by atoms with Gasteiger partial charge in [0.25, 0.3) is 6.43 Å². The molecule has 0 spiro atoms. The summed E-state index contributed by atoms with van der Waals surface area (Å²) in [6.45, 7) is 1.54.